The zero-order chi connectivity index (χ0) is 20.5. The number of thioether (sulfide) groups is 1. The van der Waals surface area contributed by atoms with Gasteiger partial charge in [-0.25, -0.2) is 4.98 Å². The zero-order valence-corrected chi connectivity index (χ0v) is 17.7. The molecular formula is C22H22N4O2S. The Balaban J connectivity index is 1.84. The number of nitrogens with zero attached hydrogens (tertiary/aromatic N) is 4. The first-order chi connectivity index (χ1) is 14.0. The smallest absolute Gasteiger partial charge is 0.266 e. The molecule has 29 heavy (non-hydrogen) atoms. The first kappa shape index (κ1) is 19.4. The van der Waals surface area contributed by atoms with Gasteiger partial charge in [-0.05, 0) is 37.1 Å². The second-order valence-electron chi connectivity index (χ2n) is 7.28. The molecule has 6 nitrogen and oxygen atoms in total. The summed E-state index contributed by atoms with van der Waals surface area (Å²) in [5, 5.41) is 5.22. The summed E-state index contributed by atoms with van der Waals surface area (Å²) in [4.78, 5) is 22.6. The van der Waals surface area contributed by atoms with E-state index in [2.05, 4.69) is 10.1 Å². The van der Waals surface area contributed by atoms with E-state index >= 15 is 0 Å². The van der Waals surface area contributed by atoms with Gasteiger partial charge in [0.05, 0.1) is 22.3 Å². The number of aryl methyl sites for hydroxylation is 2. The van der Waals surface area contributed by atoms with Gasteiger partial charge in [-0.3, -0.25) is 9.36 Å². The first-order valence-corrected chi connectivity index (χ1v) is 10.5. The number of fused-ring (bicyclic) bond motifs is 1. The maximum absolute atomic E-state index is 13.4. The lowest BCUT2D eigenvalue weighted by Gasteiger charge is -2.16. The Bertz CT molecular complexity index is 1220. The minimum atomic E-state index is -0.0797. The Labute approximate surface area is 173 Å². The van der Waals surface area contributed by atoms with Crippen LogP contribution in [0.3, 0.4) is 0 Å². The van der Waals surface area contributed by atoms with Gasteiger partial charge in [-0.15, -0.1) is 0 Å². The van der Waals surface area contributed by atoms with Gasteiger partial charge in [0.2, 0.25) is 5.89 Å². The summed E-state index contributed by atoms with van der Waals surface area (Å²) in [5.74, 6) is 1.84. The van der Waals surface area contributed by atoms with Crippen molar-refractivity contribution in [2.45, 2.75) is 44.5 Å². The van der Waals surface area contributed by atoms with E-state index in [0.29, 0.717) is 33.5 Å². The molecule has 0 N–H and O–H groups in total. The number of hydrogen-bond donors (Lipinski definition) is 0. The average molecular weight is 407 g/mol. The normalized spacial score (nSPS) is 11.5. The molecule has 4 rings (SSSR count). The van der Waals surface area contributed by atoms with Crippen LogP contribution < -0.4 is 5.56 Å². The van der Waals surface area contributed by atoms with Crippen molar-refractivity contribution in [2.75, 3.05) is 0 Å². The Morgan fingerprint density at radius 3 is 2.45 bits per heavy atom. The van der Waals surface area contributed by atoms with E-state index in [-0.39, 0.29) is 11.5 Å². The van der Waals surface area contributed by atoms with E-state index in [4.69, 9.17) is 9.51 Å². The fourth-order valence-corrected chi connectivity index (χ4v) is 4.09. The van der Waals surface area contributed by atoms with Crippen LogP contribution in [0.15, 0.2) is 56.9 Å². The third kappa shape index (κ3) is 3.70. The maximum atomic E-state index is 13.4. The van der Waals surface area contributed by atoms with Gasteiger partial charge in [0.1, 0.15) is 0 Å². The molecule has 0 amide bonds. The fourth-order valence-electron chi connectivity index (χ4n) is 3.25. The van der Waals surface area contributed by atoms with Crippen LogP contribution in [0.25, 0.3) is 16.6 Å². The van der Waals surface area contributed by atoms with Crippen molar-refractivity contribution in [1.82, 2.24) is 19.7 Å². The molecule has 0 unspecified atom stereocenters. The zero-order valence-electron chi connectivity index (χ0n) is 16.8. The number of rotatable bonds is 5. The number of hydrogen-bond acceptors (Lipinski definition) is 6. The summed E-state index contributed by atoms with van der Waals surface area (Å²) >= 11 is 1.42. The van der Waals surface area contributed by atoms with Gasteiger partial charge in [0, 0.05) is 5.92 Å². The quantitative estimate of drug-likeness (QED) is 0.350. The van der Waals surface area contributed by atoms with E-state index in [0.717, 1.165) is 16.8 Å². The molecule has 0 aliphatic carbocycles. The van der Waals surface area contributed by atoms with Crippen molar-refractivity contribution in [3.63, 3.8) is 0 Å². The largest absolute Gasteiger partial charge is 0.338 e. The molecule has 0 spiro atoms. The molecule has 4 aromatic rings. The summed E-state index contributed by atoms with van der Waals surface area (Å²) in [5.41, 5.74) is 3.50. The van der Waals surface area contributed by atoms with Gasteiger partial charge in [-0.1, -0.05) is 61.1 Å². The standard InChI is InChI=1S/C22H22N4O2S/c1-13(2)20-24-18(28-25-20)12-29-22-23-17-11-6-5-10-16(17)21(27)26(22)19-14(3)8-7-9-15(19)4/h5-11,13H,12H2,1-4H3. The minimum absolute atomic E-state index is 0.0797. The summed E-state index contributed by atoms with van der Waals surface area (Å²) in [6.07, 6.45) is 0. The lowest BCUT2D eigenvalue weighted by atomic mass is 10.1. The first-order valence-electron chi connectivity index (χ1n) is 9.49. The van der Waals surface area contributed by atoms with Gasteiger partial charge < -0.3 is 4.52 Å². The van der Waals surface area contributed by atoms with E-state index in [1.807, 2.05) is 70.2 Å². The molecular weight excluding hydrogens is 384 g/mol. The number of benzene rings is 2. The van der Waals surface area contributed by atoms with Crippen LogP contribution in [0.2, 0.25) is 0 Å². The molecule has 0 atom stereocenters. The molecule has 148 valence electrons. The predicted octanol–water partition coefficient (Wildman–Crippen LogP) is 4.80. The average Bonchev–Trinajstić information content (AvgIpc) is 3.17. The highest BCUT2D eigenvalue weighted by molar-refractivity contribution is 7.98. The Kier molecular flexibility index (Phi) is 5.24. The summed E-state index contributed by atoms with van der Waals surface area (Å²) in [6, 6.07) is 13.4. The third-order valence-electron chi connectivity index (χ3n) is 4.73. The Morgan fingerprint density at radius 2 is 1.76 bits per heavy atom. The van der Waals surface area contributed by atoms with Crippen molar-refractivity contribution in [2.24, 2.45) is 0 Å². The summed E-state index contributed by atoms with van der Waals surface area (Å²) in [7, 11) is 0. The lowest BCUT2D eigenvalue weighted by Crippen LogP contribution is -2.23. The number of aromatic nitrogens is 4. The minimum Gasteiger partial charge on any atom is -0.338 e. The fraction of sp³-hybridized carbons (Fsp3) is 0.273. The van der Waals surface area contributed by atoms with Gasteiger partial charge >= 0.3 is 0 Å². The lowest BCUT2D eigenvalue weighted by molar-refractivity contribution is 0.382. The maximum Gasteiger partial charge on any atom is 0.266 e. The van der Waals surface area contributed by atoms with Crippen LogP contribution in [0, 0.1) is 13.8 Å². The SMILES string of the molecule is Cc1cccc(C)c1-n1c(SCc2nc(C(C)C)no2)nc2ccccc2c1=O. The van der Waals surface area contributed by atoms with E-state index in [1.54, 1.807) is 4.57 Å². The highest BCUT2D eigenvalue weighted by Gasteiger charge is 2.18. The number of para-hydroxylation sites is 2. The van der Waals surface area contributed by atoms with Crippen LogP contribution in [-0.2, 0) is 5.75 Å². The summed E-state index contributed by atoms with van der Waals surface area (Å²) < 4.78 is 7.07. The van der Waals surface area contributed by atoms with Crippen LogP contribution in [-0.4, -0.2) is 19.7 Å². The molecule has 0 aliphatic heterocycles. The molecule has 0 saturated carbocycles. The molecule has 2 aromatic carbocycles. The van der Waals surface area contributed by atoms with E-state index in [9.17, 15) is 4.79 Å². The monoisotopic (exact) mass is 406 g/mol. The van der Waals surface area contributed by atoms with Gasteiger partial charge in [0.25, 0.3) is 5.56 Å². The molecule has 7 heteroatoms. The van der Waals surface area contributed by atoms with Crippen molar-refractivity contribution in [3.8, 4) is 5.69 Å². The summed E-state index contributed by atoms with van der Waals surface area (Å²) in [6.45, 7) is 8.05. The van der Waals surface area contributed by atoms with Crippen molar-refractivity contribution in [1.29, 1.82) is 0 Å². The highest BCUT2D eigenvalue weighted by atomic mass is 32.2. The van der Waals surface area contributed by atoms with Gasteiger partial charge in [0.15, 0.2) is 11.0 Å². The van der Waals surface area contributed by atoms with Crippen molar-refractivity contribution in [3.05, 3.63) is 75.7 Å². The van der Waals surface area contributed by atoms with Crippen molar-refractivity contribution >= 4 is 22.7 Å². The van der Waals surface area contributed by atoms with Crippen LogP contribution in [0.5, 0.6) is 0 Å². The molecule has 0 radical (unpaired) electrons. The Hall–Kier alpha value is -2.93. The Morgan fingerprint density at radius 1 is 1.03 bits per heavy atom. The van der Waals surface area contributed by atoms with Crippen LogP contribution in [0.4, 0.5) is 0 Å². The molecule has 0 bridgehead atoms. The second kappa shape index (κ2) is 7.83. The molecule has 0 aliphatic rings. The van der Waals surface area contributed by atoms with Gasteiger partial charge in [-0.2, -0.15) is 4.98 Å². The van der Waals surface area contributed by atoms with Crippen molar-refractivity contribution < 1.29 is 4.52 Å². The predicted molar refractivity (Wildman–Crippen MR) is 115 cm³/mol. The molecule has 2 heterocycles. The van der Waals surface area contributed by atoms with E-state index < -0.39 is 0 Å². The van der Waals surface area contributed by atoms with Crippen LogP contribution in [0.1, 0.15) is 42.6 Å². The van der Waals surface area contributed by atoms with E-state index in [1.165, 1.54) is 11.8 Å². The molecule has 2 aromatic heterocycles. The second-order valence-corrected chi connectivity index (χ2v) is 8.22. The molecule has 0 fully saturated rings. The topological polar surface area (TPSA) is 73.8 Å². The molecule has 0 saturated heterocycles. The third-order valence-corrected chi connectivity index (χ3v) is 5.66. The van der Waals surface area contributed by atoms with Crippen LogP contribution >= 0.6 is 11.8 Å². The highest BCUT2D eigenvalue weighted by Crippen LogP contribution is 2.27.